The number of rotatable bonds is 6. The summed E-state index contributed by atoms with van der Waals surface area (Å²) in [5.41, 5.74) is 3.20. The summed E-state index contributed by atoms with van der Waals surface area (Å²) in [5, 5.41) is 9.62. The molecule has 2 aliphatic rings. The Hall–Kier alpha value is -3.26. The summed E-state index contributed by atoms with van der Waals surface area (Å²) in [6.45, 7) is 1.74. The lowest BCUT2D eigenvalue weighted by Gasteiger charge is -2.38. The van der Waals surface area contributed by atoms with Gasteiger partial charge in [0.25, 0.3) is 0 Å². The highest BCUT2D eigenvalue weighted by molar-refractivity contribution is 5.97. The Morgan fingerprint density at radius 1 is 1.23 bits per heavy atom. The Bertz CT molecular complexity index is 1280. The molecule has 8 heteroatoms. The van der Waals surface area contributed by atoms with Crippen molar-refractivity contribution in [2.24, 2.45) is 5.92 Å². The topological polar surface area (TPSA) is 78.5 Å². The van der Waals surface area contributed by atoms with Crippen LogP contribution in [0.2, 0.25) is 0 Å². The maximum Gasteiger partial charge on any atom is 0.303 e. The van der Waals surface area contributed by atoms with Crippen LogP contribution in [0.15, 0.2) is 36.5 Å². The third kappa shape index (κ3) is 4.80. The molecule has 6 nitrogen and oxygen atoms in total. The monoisotopic (exact) mass is 481 g/mol. The number of carboxylic acids is 1. The number of halogens is 2. The van der Waals surface area contributed by atoms with Gasteiger partial charge in [-0.25, -0.2) is 13.8 Å². The van der Waals surface area contributed by atoms with E-state index in [1.807, 2.05) is 6.07 Å². The van der Waals surface area contributed by atoms with Crippen molar-refractivity contribution in [3.8, 4) is 16.9 Å². The van der Waals surface area contributed by atoms with Crippen LogP contribution < -0.4 is 4.74 Å². The molecule has 35 heavy (non-hydrogen) atoms. The van der Waals surface area contributed by atoms with E-state index in [4.69, 9.17) is 9.84 Å². The number of methoxy groups -OCH3 is 1. The average Bonchev–Trinajstić information content (AvgIpc) is 3.28. The van der Waals surface area contributed by atoms with Crippen LogP contribution in [-0.4, -0.2) is 52.2 Å². The fourth-order valence-corrected chi connectivity index (χ4v) is 5.59. The molecule has 184 valence electrons. The van der Waals surface area contributed by atoms with Crippen molar-refractivity contribution in [3.05, 3.63) is 53.9 Å². The molecular formula is C27H29F2N3O3. The van der Waals surface area contributed by atoms with Gasteiger partial charge in [0.2, 0.25) is 0 Å². The van der Waals surface area contributed by atoms with Gasteiger partial charge < -0.3 is 14.8 Å². The number of fused-ring (bicyclic) bond motifs is 1. The van der Waals surface area contributed by atoms with E-state index in [9.17, 15) is 13.6 Å². The van der Waals surface area contributed by atoms with Crippen LogP contribution in [0.4, 0.5) is 8.78 Å². The second-order valence-corrected chi connectivity index (χ2v) is 9.52. The number of nitrogens with one attached hydrogen (secondary N) is 1. The Kier molecular flexibility index (Phi) is 6.56. The first kappa shape index (κ1) is 23.5. The predicted octanol–water partition coefficient (Wildman–Crippen LogP) is 5.64. The van der Waals surface area contributed by atoms with E-state index >= 15 is 0 Å². The number of carbonyl (C=O) groups is 1. The quantitative estimate of drug-likeness (QED) is 0.477. The summed E-state index contributed by atoms with van der Waals surface area (Å²) in [4.78, 5) is 21.0. The minimum absolute atomic E-state index is 0.269. The lowest BCUT2D eigenvalue weighted by Crippen LogP contribution is -2.40. The number of H-pyrrole nitrogens is 1. The standard InChI is InChI=1S/C27H29F2N3O3/c1-35-24-7-4-18(28)13-20(24)26-21-14-23(31-27(21)30-15-22(26)29)17-8-10-32(11-9-17)19-5-2-16(3-6-19)12-25(33)34/h4,7-8,13-16,19H,2-3,5-6,9-12H2,1H3,(H,30,31)(H,33,34)/t16-,19-. The number of nitrogens with zero attached hydrogens (tertiary/aromatic N) is 2. The second kappa shape index (κ2) is 9.77. The SMILES string of the molecule is COc1ccc(F)cc1-c1c(F)cnc2[nH]c(C3=CCN([C@H]4CC[C@H](CC(=O)O)CC4)CC3)cc12. The van der Waals surface area contributed by atoms with Crippen molar-refractivity contribution in [2.45, 2.75) is 44.6 Å². The summed E-state index contributed by atoms with van der Waals surface area (Å²) in [6, 6.07) is 6.45. The molecule has 2 N–H and O–H groups in total. The minimum atomic E-state index is -0.703. The highest BCUT2D eigenvalue weighted by Crippen LogP contribution is 2.39. The number of ether oxygens (including phenoxy) is 1. The van der Waals surface area contributed by atoms with Crippen LogP contribution >= 0.6 is 0 Å². The van der Waals surface area contributed by atoms with E-state index in [2.05, 4.69) is 20.9 Å². The number of aromatic amines is 1. The Morgan fingerprint density at radius 3 is 2.71 bits per heavy atom. The molecule has 0 atom stereocenters. The summed E-state index contributed by atoms with van der Waals surface area (Å²) in [7, 11) is 1.48. The van der Waals surface area contributed by atoms with Crippen LogP contribution in [-0.2, 0) is 4.79 Å². The van der Waals surface area contributed by atoms with Crippen molar-refractivity contribution >= 4 is 22.6 Å². The molecule has 1 aliphatic heterocycles. The molecule has 3 heterocycles. The third-order valence-electron chi connectivity index (χ3n) is 7.43. The van der Waals surface area contributed by atoms with Crippen LogP contribution in [0.3, 0.4) is 0 Å². The van der Waals surface area contributed by atoms with E-state index in [1.54, 1.807) is 0 Å². The highest BCUT2D eigenvalue weighted by Gasteiger charge is 2.28. The zero-order chi connectivity index (χ0) is 24.5. The second-order valence-electron chi connectivity index (χ2n) is 9.52. The Balaban J connectivity index is 1.37. The number of hydrogen-bond acceptors (Lipinski definition) is 4. The van der Waals surface area contributed by atoms with Gasteiger partial charge in [-0.15, -0.1) is 0 Å². The average molecular weight is 482 g/mol. The van der Waals surface area contributed by atoms with E-state index in [1.165, 1.54) is 25.3 Å². The Labute approximate surface area is 202 Å². The van der Waals surface area contributed by atoms with Gasteiger partial charge in [-0.05, 0) is 67.9 Å². The highest BCUT2D eigenvalue weighted by atomic mass is 19.1. The number of benzene rings is 1. The smallest absolute Gasteiger partial charge is 0.303 e. The zero-order valence-electron chi connectivity index (χ0n) is 19.7. The summed E-state index contributed by atoms with van der Waals surface area (Å²) in [6.07, 6.45) is 8.49. The normalized spacial score (nSPS) is 21.2. The van der Waals surface area contributed by atoms with Gasteiger partial charge in [0.15, 0.2) is 0 Å². The van der Waals surface area contributed by atoms with Gasteiger partial charge >= 0.3 is 5.97 Å². The number of pyridine rings is 1. The molecule has 0 unspecified atom stereocenters. The van der Waals surface area contributed by atoms with Crippen molar-refractivity contribution in [1.29, 1.82) is 0 Å². The van der Waals surface area contributed by atoms with Crippen LogP contribution in [0.25, 0.3) is 27.7 Å². The van der Waals surface area contributed by atoms with Crippen LogP contribution in [0.5, 0.6) is 5.75 Å². The lowest BCUT2D eigenvalue weighted by atomic mass is 9.83. The van der Waals surface area contributed by atoms with Crippen LogP contribution in [0.1, 0.15) is 44.2 Å². The molecule has 0 radical (unpaired) electrons. The van der Waals surface area contributed by atoms with Gasteiger partial charge in [-0.3, -0.25) is 9.69 Å². The molecule has 1 fully saturated rings. The van der Waals surface area contributed by atoms with Crippen LogP contribution in [0, 0.1) is 17.6 Å². The van der Waals surface area contributed by atoms with Gasteiger partial charge in [0.1, 0.15) is 23.0 Å². The first-order valence-corrected chi connectivity index (χ1v) is 12.1. The molecule has 0 bridgehead atoms. The number of carboxylic acid groups (broad SMARTS) is 1. The van der Waals surface area contributed by atoms with Gasteiger partial charge in [-0.1, -0.05) is 6.08 Å². The summed E-state index contributed by atoms with van der Waals surface area (Å²) < 4.78 is 34.3. The summed E-state index contributed by atoms with van der Waals surface area (Å²) >= 11 is 0. The van der Waals surface area contributed by atoms with Crippen molar-refractivity contribution in [3.63, 3.8) is 0 Å². The van der Waals surface area contributed by atoms with Gasteiger partial charge in [0.05, 0.1) is 13.3 Å². The first-order valence-electron chi connectivity index (χ1n) is 12.1. The van der Waals surface area contributed by atoms with Gasteiger partial charge in [0, 0.05) is 47.8 Å². The number of aromatic nitrogens is 2. The van der Waals surface area contributed by atoms with E-state index < -0.39 is 17.6 Å². The molecule has 2 aromatic heterocycles. The number of hydrogen-bond donors (Lipinski definition) is 2. The third-order valence-corrected chi connectivity index (χ3v) is 7.43. The Morgan fingerprint density at radius 2 is 2.03 bits per heavy atom. The van der Waals surface area contributed by atoms with Crippen molar-refractivity contribution in [2.75, 3.05) is 20.2 Å². The van der Waals surface area contributed by atoms with Crippen molar-refractivity contribution < 1.29 is 23.4 Å². The zero-order valence-corrected chi connectivity index (χ0v) is 19.7. The molecule has 1 saturated carbocycles. The largest absolute Gasteiger partial charge is 0.496 e. The molecule has 5 rings (SSSR count). The van der Waals surface area contributed by atoms with E-state index in [0.29, 0.717) is 34.3 Å². The van der Waals surface area contributed by atoms with Crippen molar-refractivity contribution in [1.82, 2.24) is 14.9 Å². The molecule has 1 aliphatic carbocycles. The summed E-state index contributed by atoms with van der Waals surface area (Å²) in [5.74, 6) is -1.01. The van der Waals surface area contributed by atoms with E-state index in [0.717, 1.165) is 62.7 Å². The molecular weight excluding hydrogens is 452 g/mol. The van der Waals surface area contributed by atoms with Gasteiger partial charge in [-0.2, -0.15) is 0 Å². The number of aliphatic carboxylic acids is 1. The molecule has 3 aromatic rings. The predicted molar refractivity (Wildman–Crippen MR) is 130 cm³/mol. The maximum atomic E-state index is 15.0. The molecule has 1 aromatic carbocycles. The fourth-order valence-electron chi connectivity index (χ4n) is 5.59. The lowest BCUT2D eigenvalue weighted by molar-refractivity contribution is -0.138. The fraction of sp³-hybridized carbons (Fsp3) is 0.407. The maximum absolute atomic E-state index is 15.0. The molecule has 0 amide bonds. The molecule has 0 saturated heterocycles. The minimum Gasteiger partial charge on any atom is -0.496 e. The van der Waals surface area contributed by atoms with E-state index in [-0.39, 0.29) is 12.0 Å². The first-order chi connectivity index (χ1) is 16.9. The molecule has 0 spiro atoms.